The predicted octanol–water partition coefficient (Wildman–Crippen LogP) is 1.71. The van der Waals surface area contributed by atoms with Gasteiger partial charge in [-0.15, -0.1) is 0 Å². The Bertz CT molecular complexity index is 595. The van der Waals surface area contributed by atoms with Gasteiger partial charge in [0.2, 0.25) is 10.0 Å². The first-order valence-electron chi connectivity index (χ1n) is 5.70. The van der Waals surface area contributed by atoms with E-state index in [-0.39, 0.29) is 23.6 Å². The Morgan fingerprint density at radius 2 is 2.05 bits per heavy atom. The van der Waals surface area contributed by atoms with Crippen molar-refractivity contribution in [3.8, 4) is 0 Å². The maximum atomic E-state index is 13.7. The Kier molecular flexibility index (Phi) is 4.24. The van der Waals surface area contributed by atoms with Gasteiger partial charge in [0.05, 0.1) is 4.47 Å². The lowest BCUT2D eigenvalue weighted by Gasteiger charge is -2.31. The minimum Gasteiger partial charge on any atom is -0.312 e. The highest BCUT2D eigenvalue weighted by Gasteiger charge is 2.31. The van der Waals surface area contributed by atoms with Crippen molar-refractivity contribution in [3.63, 3.8) is 0 Å². The van der Waals surface area contributed by atoms with Gasteiger partial charge in [-0.25, -0.2) is 17.2 Å². The Labute approximate surface area is 119 Å². The number of rotatable bonds is 2. The van der Waals surface area contributed by atoms with Crippen molar-refractivity contribution in [2.45, 2.75) is 17.9 Å². The predicted molar refractivity (Wildman–Crippen MR) is 70.3 cm³/mol. The molecule has 1 heterocycles. The van der Waals surface area contributed by atoms with Crippen LogP contribution < -0.4 is 5.32 Å². The van der Waals surface area contributed by atoms with Crippen molar-refractivity contribution in [1.82, 2.24) is 9.62 Å². The highest BCUT2D eigenvalue weighted by molar-refractivity contribution is 9.10. The molecule has 0 bridgehead atoms. The molecule has 1 aliphatic rings. The average molecular weight is 355 g/mol. The molecule has 8 heteroatoms. The Morgan fingerprint density at radius 3 is 2.68 bits per heavy atom. The van der Waals surface area contributed by atoms with E-state index in [9.17, 15) is 17.2 Å². The molecule has 2 rings (SSSR count). The van der Waals surface area contributed by atoms with Gasteiger partial charge in [-0.2, -0.15) is 4.31 Å². The van der Waals surface area contributed by atoms with Crippen LogP contribution in [-0.2, 0) is 10.0 Å². The van der Waals surface area contributed by atoms with E-state index in [2.05, 4.69) is 21.2 Å². The van der Waals surface area contributed by atoms with E-state index in [1.165, 1.54) is 4.31 Å². The van der Waals surface area contributed by atoms with Crippen LogP contribution in [0.4, 0.5) is 8.78 Å². The standard InChI is InChI=1S/C11H13BrF2N2O2S/c1-7-6-16(3-2-15-7)19(17,18)11-4-8(12)9(13)5-10(11)14/h4-5,7,15H,2-3,6H2,1H3/t7-/m1/s1. The Hall–Kier alpha value is -0.570. The fourth-order valence-electron chi connectivity index (χ4n) is 1.96. The van der Waals surface area contributed by atoms with Crippen LogP contribution in [0, 0.1) is 11.6 Å². The second kappa shape index (κ2) is 5.43. The molecular formula is C11H13BrF2N2O2S. The van der Waals surface area contributed by atoms with Crippen LogP contribution in [0.15, 0.2) is 21.5 Å². The molecule has 1 aromatic rings. The summed E-state index contributed by atoms with van der Waals surface area (Å²) in [6, 6.07) is 1.53. The number of hydrogen-bond donors (Lipinski definition) is 1. The van der Waals surface area contributed by atoms with E-state index in [4.69, 9.17) is 0 Å². The zero-order valence-electron chi connectivity index (χ0n) is 10.2. The maximum absolute atomic E-state index is 13.7. The fraction of sp³-hybridized carbons (Fsp3) is 0.455. The number of nitrogens with one attached hydrogen (secondary N) is 1. The summed E-state index contributed by atoms with van der Waals surface area (Å²) in [5.41, 5.74) is 0. The molecule has 4 nitrogen and oxygen atoms in total. The molecular weight excluding hydrogens is 342 g/mol. The zero-order valence-corrected chi connectivity index (χ0v) is 12.6. The van der Waals surface area contributed by atoms with Gasteiger partial charge in [0.15, 0.2) is 0 Å². The van der Waals surface area contributed by atoms with Crippen LogP contribution in [-0.4, -0.2) is 38.4 Å². The third-order valence-electron chi connectivity index (χ3n) is 2.92. The van der Waals surface area contributed by atoms with Gasteiger partial charge in [0.1, 0.15) is 16.5 Å². The number of nitrogens with zero attached hydrogens (tertiary/aromatic N) is 1. The first-order valence-corrected chi connectivity index (χ1v) is 7.94. The van der Waals surface area contributed by atoms with E-state index >= 15 is 0 Å². The number of sulfonamides is 1. The lowest BCUT2D eigenvalue weighted by Crippen LogP contribution is -2.51. The number of hydrogen-bond acceptors (Lipinski definition) is 3. The van der Waals surface area contributed by atoms with Gasteiger partial charge in [0.25, 0.3) is 0 Å². The number of halogens is 3. The smallest absolute Gasteiger partial charge is 0.246 e. The van der Waals surface area contributed by atoms with E-state index in [0.29, 0.717) is 12.6 Å². The summed E-state index contributed by atoms with van der Waals surface area (Å²) in [6.07, 6.45) is 0. The molecule has 0 spiro atoms. The first-order chi connectivity index (χ1) is 8.82. The largest absolute Gasteiger partial charge is 0.312 e. The van der Waals surface area contributed by atoms with Crippen molar-refractivity contribution in [2.75, 3.05) is 19.6 Å². The molecule has 1 saturated heterocycles. The van der Waals surface area contributed by atoms with Gasteiger partial charge in [-0.05, 0) is 28.9 Å². The minimum absolute atomic E-state index is 0.00419. The Morgan fingerprint density at radius 1 is 1.37 bits per heavy atom. The van der Waals surface area contributed by atoms with Crippen LogP contribution in [0.3, 0.4) is 0 Å². The first kappa shape index (κ1) is 14.8. The summed E-state index contributed by atoms with van der Waals surface area (Å²) in [4.78, 5) is -0.505. The summed E-state index contributed by atoms with van der Waals surface area (Å²) in [5, 5.41) is 3.10. The molecule has 1 aliphatic heterocycles. The van der Waals surface area contributed by atoms with Gasteiger partial charge >= 0.3 is 0 Å². The molecule has 1 atom stereocenters. The van der Waals surface area contributed by atoms with Crippen molar-refractivity contribution < 1.29 is 17.2 Å². The van der Waals surface area contributed by atoms with Crippen LogP contribution in [0.2, 0.25) is 0 Å². The summed E-state index contributed by atoms with van der Waals surface area (Å²) in [7, 11) is -3.94. The summed E-state index contributed by atoms with van der Waals surface area (Å²) in [5.74, 6) is -1.91. The van der Waals surface area contributed by atoms with Crippen molar-refractivity contribution in [1.29, 1.82) is 0 Å². The van der Waals surface area contributed by atoms with Crippen molar-refractivity contribution in [3.05, 3.63) is 28.2 Å². The highest BCUT2D eigenvalue weighted by atomic mass is 79.9. The molecule has 0 radical (unpaired) electrons. The van der Waals surface area contributed by atoms with Gasteiger partial charge in [0, 0.05) is 31.7 Å². The molecule has 0 saturated carbocycles. The van der Waals surface area contributed by atoms with Gasteiger partial charge in [-0.1, -0.05) is 0 Å². The second-order valence-corrected chi connectivity index (χ2v) is 7.18. The van der Waals surface area contributed by atoms with Crippen molar-refractivity contribution >= 4 is 26.0 Å². The topological polar surface area (TPSA) is 49.4 Å². The molecule has 106 valence electrons. The van der Waals surface area contributed by atoms with Crippen LogP contribution in [0.25, 0.3) is 0 Å². The average Bonchev–Trinajstić information content (AvgIpc) is 2.33. The fourth-order valence-corrected chi connectivity index (χ4v) is 4.05. The maximum Gasteiger partial charge on any atom is 0.246 e. The second-order valence-electron chi connectivity index (χ2n) is 4.41. The molecule has 1 N–H and O–H groups in total. The lowest BCUT2D eigenvalue weighted by molar-refractivity contribution is 0.309. The molecule has 19 heavy (non-hydrogen) atoms. The molecule has 0 amide bonds. The van der Waals surface area contributed by atoms with Gasteiger partial charge in [-0.3, -0.25) is 0 Å². The number of benzene rings is 1. The quantitative estimate of drug-likeness (QED) is 0.822. The summed E-state index contributed by atoms with van der Waals surface area (Å²) >= 11 is 2.87. The number of piperazine rings is 1. The van der Waals surface area contributed by atoms with E-state index in [1.54, 1.807) is 0 Å². The van der Waals surface area contributed by atoms with E-state index in [0.717, 1.165) is 6.07 Å². The molecule has 0 aromatic heterocycles. The molecule has 1 fully saturated rings. The molecule has 0 unspecified atom stereocenters. The van der Waals surface area contributed by atoms with Crippen LogP contribution in [0.5, 0.6) is 0 Å². The SMILES string of the molecule is C[C@@H]1CN(S(=O)(=O)c2cc(Br)c(F)cc2F)CCN1. The molecule has 1 aromatic carbocycles. The molecule has 0 aliphatic carbocycles. The van der Waals surface area contributed by atoms with Gasteiger partial charge < -0.3 is 5.32 Å². The lowest BCUT2D eigenvalue weighted by atomic mass is 10.3. The minimum atomic E-state index is -3.94. The van der Waals surface area contributed by atoms with Crippen LogP contribution in [0.1, 0.15) is 6.92 Å². The summed E-state index contributed by atoms with van der Waals surface area (Å²) < 4.78 is 52.6. The van der Waals surface area contributed by atoms with E-state index in [1.807, 2.05) is 6.92 Å². The third kappa shape index (κ3) is 2.96. The van der Waals surface area contributed by atoms with Crippen LogP contribution >= 0.6 is 15.9 Å². The van der Waals surface area contributed by atoms with Crippen molar-refractivity contribution in [2.24, 2.45) is 0 Å². The summed E-state index contributed by atoms with van der Waals surface area (Å²) in [6.45, 7) is 2.88. The zero-order chi connectivity index (χ0) is 14.2. The monoisotopic (exact) mass is 354 g/mol. The Balaban J connectivity index is 2.42. The highest BCUT2D eigenvalue weighted by Crippen LogP contribution is 2.26. The third-order valence-corrected chi connectivity index (χ3v) is 5.41. The normalized spacial score (nSPS) is 21.6. The van der Waals surface area contributed by atoms with E-state index < -0.39 is 26.6 Å².